The molecule has 0 aromatic heterocycles. The number of carbonyl (C=O) groups excluding carboxylic acids is 3. The molecule has 12 heteroatoms. The van der Waals surface area contributed by atoms with Gasteiger partial charge in [-0.3, -0.25) is 14.4 Å². The maximum atomic E-state index is 13.8. The molecular formula is C35H61N3O9. The first-order valence-electron chi connectivity index (χ1n) is 17.3. The van der Waals surface area contributed by atoms with Gasteiger partial charge < -0.3 is 29.8 Å². The lowest BCUT2D eigenvalue weighted by molar-refractivity contribution is -0.255. The Labute approximate surface area is 280 Å². The Morgan fingerprint density at radius 1 is 0.447 bits per heavy atom. The smallest absolute Gasteiger partial charge is 0.309 e. The van der Waals surface area contributed by atoms with E-state index in [1.54, 1.807) is 0 Å². The predicted octanol–water partition coefficient (Wildman–Crippen LogP) is 5.49. The number of hydrogen-bond acceptors (Lipinski definition) is 12. The number of rotatable bonds is 6. The largest absolute Gasteiger partial charge is 0.458 e. The first kappa shape index (κ1) is 38.0. The summed E-state index contributed by atoms with van der Waals surface area (Å²) in [7, 11) is 0. The molecule has 4 fully saturated rings. The number of hydrogen-bond donors (Lipinski definition) is 3. The van der Waals surface area contributed by atoms with Crippen molar-refractivity contribution >= 4 is 17.9 Å². The minimum atomic E-state index is -0.994. The van der Waals surface area contributed by atoms with Crippen LogP contribution in [0.15, 0.2) is 0 Å². The van der Waals surface area contributed by atoms with Crippen molar-refractivity contribution in [3.05, 3.63) is 0 Å². The first-order valence-corrected chi connectivity index (χ1v) is 17.3. The molecule has 0 spiro atoms. The third-order valence-corrected chi connectivity index (χ3v) is 11.2. The molecule has 0 aromatic rings. The van der Waals surface area contributed by atoms with E-state index >= 15 is 0 Å². The maximum Gasteiger partial charge on any atom is 0.309 e. The minimum absolute atomic E-state index is 0.353. The Bertz CT molecular complexity index is 1090. The molecule has 2 unspecified atom stereocenters. The summed E-state index contributed by atoms with van der Waals surface area (Å²) in [5.74, 6) is -2.81. The van der Waals surface area contributed by atoms with Gasteiger partial charge in [-0.1, -0.05) is 0 Å². The number of esters is 3. The maximum absolute atomic E-state index is 13.8. The molecule has 0 aromatic carbocycles. The van der Waals surface area contributed by atoms with Crippen LogP contribution in [0.3, 0.4) is 0 Å². The lowest BCUT2D eigenvalue weighted by Gasteiger charge is -2.51. The monoisotopic (exact) mass is 667 g/mol. The molecule has 1 aliphatic carbocycles. The third kappa shape index (κ3) is 7.67. The topological polar surface area (TPSA) is 149 Å². The van der Waals surface area contributed by atoms with E-state index in [2.05, 4.69) is 0 Å². The van der Waals surface area contributed by atoms with Crippen LogP contribution in [0.2, 0.25) is 0 Å². The van der Waals surface area contributed by atoms with E-state index in [9.17, 15) is 30.0 Å². The van der Waals surface area contributed by atoms with E-state index < -0.39 is 87.2 Å². The van der Waals surface area contributed by atoms with E-state index in [-0.39, 0.29) is 0 Å². The molecule has 12 nitrogen and oxygen atoms in total. The number of ether oxygens (including phenoxy) is 3. The highest BCUT2D eigenvalue weighted by Crippen LogP contribution is 2.44. The van der Waals surface area contributed by atoms with Gasteiger partial charge in [0, 0.05) is 33.2 Å². The molecule has 3 N–H and O–H groups in total. The van der Waals surface area contributed by atoms with Gasteiger partial charge in [0.1, 0.15) is 12.2 Å². The van der Waals surface area contributed by atoms with Crippen LogP contribution in [0.25, 0.3) is 0 Å². The van der Waals surface area contributed by atoms with E-state index in [1.807, 2.05) is 83.1 Å². The second-order valence-electron chi connectivity index (χ2n) is 18.6. The molecule has 4 rings (SSSR count). The van der Waals surface area contributed by atoms with Crippen molar-refractivity contribution in [2.45, 2.75) is 186 Å². The van der Waals surface area contributed by atoms with Gasteiger partial charge in [0.05, 0.1) is 17.8 Å². The first-order chi connectivity index (χ1) is 21.2. The third-order valence-electron chi connectivity index (χ3n) is 11.2. The molecule has 0 amide bonds. The van der Waals surface area contributed by atoms with Crippen molar-refractivity contribution in [1.82, 2.24) is 15.2 Å². The van der Waals surface area contributed by atoms with Crippen LogP contribution in [-0.2, 0) is 28.6 Å². The van der Waals surface area contributed by atoms with Crippen molar-refractivity contribution < 1.29 is 44.2 Å². The van der Waals surface area contributed by atoms with Gasteiger partial charge in [-0.05, 0) is 134 Å². The van der Waals surface area contributed by atoms with Gasteiger partial charge in [0.2, 0.25) is 0 Å². The fourth-order valence-corrected chi connectivity index (χ4v) is 9.33. The highest BCUT2D eigenvalue weighted by atomic mass is 16.6. The summed E-state index contributed by atoms with van der Waals surface area (Å²) in [6, 6.07) is 0. The molecule has 4 aliphatic rings. The van der Waals surface area contributed by atoms with Crippen molar-refractivity contribution in [1.29, 1.82) is 0 Å². The normalized spacial score (nSPS) is 32.9. The minimum Gasteiger partial charge on any atom is -0.458 e. The van der Waals surface area contributed by atoms with Gasteiger partial charge >= 0.3 is 17.9 Å². The Kier molecular flexibility index (Phi) is 10.1. The molecule has 2 atom stereocenters. The van der Waals surface area contributed by atoms with Gasteiger partial charge in [0.25, 0.3) is 0 Å². The van der Waals surface area contributed by atoms with E-state index in [4.69, 9.17) is 14.2 Å². The number of nitrogens with zero attached hydrogens (tertiary/aromatic N) is 3. The summed E-state index contributed by atoms with van der Waals surface area (Å²) in [6.07, 6.45) is 0.370. The molecular weight excluding hydrogens is 606 g/mol. The lowest BCUT2D eigenvalue weighted by Crippen LogP contribution is -2.60. The van der Waals surface area contributed by atoms with Crippen LogP contribution in [-0.4, -0.2) is 100 Å². The molecule has 47 heavy (non-hydrogen) atoms. The van der Waals surface area contributed by atoms with Crippen molar-refractivity contribution in [2.24, 2.45) is 17.8 Å². The highest BCUT2D eigenvalue weighted by Gasteiger charge is 2.53. The Hall–Kier alpha value is -1.83. The average molecular weight is 668 g/mol. The van der Waals surface area contributed by atoms with Crippen molar-refractivity contribution in [2.75, 3.05) is 0 Å². The van der Waals surface area contributed by atoms with Crippen LogP contribution in [0, 0.1) is 17.8 Å². The second-order valence-corrected chi connectivity index (χ2v) is 18.6. The fourth-order valence-electron chi connectivity index (χ4n) is 9.33. The molecule has 1 saturated carbocycles. The number of carbonyl (C=O) groups is 3. The molecule has 3 saturated heterocycles. The number of piperidine rings is 3. The van der Waals surface area contributed by atoms with Crippen LogP contribution >= 0.6 is 0 Å². The van der Waals surface area contributed by atoms with Crippen LogP contribution in [0.4, 0.5) is 0 Å². The predicted molar refractivity (Wildman–Crippen MR) is 172 cm³/mol. The molecule has 3 heterocycles. The molecule has 270 valence electrons. The highest BCUT2D eigenvalue weighted by molar-refractivity contribution is 5.75. The van der Waals surface area contributed by atoms with Crippen LogP contribution in [0.5, 0.6) is 0 Å². The lowest BCUT2D eigenvalue weighted by atomic mass is 9.75. The van der Waals surface area contributed by atoms with Crippen LogP contribution < -0.4 is 0 Å². The van der Waals surface area contributed by atoms with Crippen molar-refractivity contribution in [3.63, 3.8) is 0 Å². The molecule has 0 radical (unpaired) electrons. The van der Waals surface area contributed by atoms with Crippen molar-refractivity contribution in [3.8, 4) is 0 Å². The second kappa shape index (κ2) is 12.5. The summed E-state index contributed by atoms with van der Waals surface area (Å²) in [5, 5.41) is 36.2. The van der Waals surface area contributed by atoms with Gasteiger partial charge in [-0.2, -0.15) is 15.2 Å². The Morgan fingerprint density at radius 3 is 0.894 bits per heavy atom. The van der Waals surface area contributed by atoms with Gasteiger partial charge in [-0.25, -0.2) is 0 Å². The Balaban J connectivity index is 1.55. The number of hydroxylamine groups is 6. The van der Waals surface area contributed by atoms with Crippen LogP contribution in [0.1, 0.15) is 134 Å². The summed E-state index contributed by atoms with van der Waals surface area (Å²) in [5.41, 5.74) is -3.98. The fraction of sp³-hybridized carbons (Fsp3) is 0.914. The van der Waals surface area contributed by atoms with E-state index in [1.165, 1.54) is 15.2 Å². The van der Waals surface area contributed by atoms with E-state index in [0.717, 1.165) is 0 Å². The quantitative estimate of drug-likeness (QED) is 0.243. The zero-order valence-electron chi connectivity index (χ0n) is 30.8. The SMILES string of the molecule is CC1(C)CC(C(=O)OC2CCC(OC(=O)C3CC(C)(C)N(O)C(C)(C)C3)C2OC(=O)C2CC(C)(C)N(O)C(C)(C)C2)CC(C)(C)N1O. The van der Waals surface area contributed by atoms with Gasteiger partial charge in [0.15, 0.2) is 6.10 Å². The molecule has 3 aliphatic heterocycles. The molecule has 0 bridgehead atoms. The average Bonchev–Trinajstić information content (AvgIpc) is 3.27. The summed E-state index contributed by atoms with van der Waals surface area (Å²) >= 11 is 0. The Morgan fingerprint density at radius 2 is 0.660 bits per heavy atom. The zero-order chi connectivity index (χ0) is 35.7. The zero-order valence-corrected chi connectivity index (χ0v) is 30.8. The summed E-state index contributed by atoms with van der Waals surface area (Å²) < 4.78 is 18.4. The summed E-state index contributed by atoms with van der Waals surface area (Å²) in [4.78, 5) is 41.2. The summed E-state index contributed by atoms with van der Waals surface area (Å²) in [6.45, 7) is 22.6. The standard InChI is InChI=1S/C35H61N3O9/c1-30(2)15-21(16-31(3,4)36(30)42)27(39)45-24-13-14-25(46-28(40)22-17-32(5,6)37(43)33(7,8)18-22)26(24)47-29(41)23-19-34(9,10)38(44)35(11,12)20-23/h21-26,42-44H,13-20H2,1-12H3. The van der Waals surface area contributed by atoms with E-state index in [0.29, 0.717) is 51.4 Å². The van der Waals surface area contributed by atoms with Gasteiger partial charge in [-0.15, -0.1) is 0 Å².